The van der Waals surface area contributed by atoms with E-state index in [4.69, 9.17) is 14.5 Å². The molecule has 0 aliphatic rings. The van der Waals surface area contributed by atoms with Crippen LogP contribution in [-0.4, -0.2) is 29.0 Å². The molecule has 0 saturated carbocycles. The van der Waals surface area contributed by atoms with Gasteiger partial charge in [0.1, 0.15) is 0 Å². The molecule has 0 aliphatic heterocycles. The minimum atomic E-state index is -3.51. The van der Waals surface area contributed by atoms with Crippen molar-refractivity contribution in [3.05, 3.63) is 12.7 Å². The normalized spacial score (nSPS) is 11.1. The van der Waals surface area contributed by atoms with E-state index in [-0.39, 0.29) is 6.61 Å². The van der Waals surface area contributed by atoms with E-state index in [0.29, 0.717) is 19.4 Å². The van der Waals surface area contributed by atoms with Gasteiger partial charge in [0, 0.05) is 6.08 Å². The Balaban J connectivity index is 3.22. The van der Waals surface area contributed by atoms with Crippen LogP contribution >= 0.6 is 6.72 Å². The summed E-state index contributed by atoms with van der Waals surface area (Å²) in [4.78, 5) is 28.0. The van der Waals surface area contributed by atoms with E-state index in [1.165, 1.54) is 0 Å². The van der Waals surface area contributed by atoms with Gasteiger partial charge in [-0.05, 0) is 31.1 Å². The highest BCUT2D eigenvalue weighted by Crippen LogP contribution is 2.36. The third kappa shape index (κ3) is 11.7. The van der Waals surface area contributed by atoms with Gasteiger partial charge in [0.15, 0.2) is 0 Å². The first-order valence-electron chi connectivity index (χ1n) is 4.45. The second-order valence-corrected chi connectivity index (χ2v) is 5.42. The van der Waals surface area contributed by atoms with Gasteiger partial charge in [0.05, 0.1) is 13.2 Å². The molecule has 0 rings (SSSR count). The van der Waals surface area contributed by atoms with Crippen LogP contribution in [-0.2, 0) is 25.9 Å². The lowest BCUT2D eigenvalue weighted by Gasteiger charge is -2.07. The molecule has 88 valence electrons. The summed E-state index contributed by atoms with van der Waals surface area (Å²) in [6.45, 7) is 0.289. The summed E-state index contributed by atoms with van der Waals surface area (Å²) in [5.41, 5.74) is 0. The summed E-state index contributed by atoms with van der Waals surface area (Å²) >= 11 is 4.26. The van der Waals surface area contributed by atoms with Crippen molar-refractivity contribution >= 4 is 24.5 Å². The molecule has 0 fully saturated rings. The SMILES string of the molecule is C=CC(=O)OCCCCCOP(O)(O)=S. The number of hydrogen-bond acceptors (Lipinski definition) is 4. The summed E-state index contributed by atoms with van der Waals surface area (Å²) < 4.78 is 9.32. The fourth-order valence-corrected chi connectivity index (χ4v) is 1.39. The Kier molecular flexibility index (Phi) is 7.82. The van der Waals surface area contributed by atoms with Gasteiger partial charge in [0.2, 0.25) is 0 Å². The zero-order chi connectivity index (χ0) is 11.7. The first-order valence-corrected chi connectivity index (χ1v) is 7.07. The number of ether oxygens (including phenoxy) is 1. The van der Waals surface area contributed by atoms with Crippen molar-refractivity contribution in [3.63, 3.8) is 0 Å². The molecule has 0 bridgehead atoms. The lowest BCUT2D eigenvalue weighted by molar-refractivity contribution is -0.137. The highest BCUT2D eigenvalue weighted by atomic mass is 32.5. The zero-order valence-corrected chi connectivity index (χ0v) is 10.0. The van der Waals surface area contributed by atoms with Crippen LogP contribution in [0.25, 0.3) is 0 Å². The van der Waals surface area contributed by atoms with Crippen molar-refractivity contribution in [2.45, 2.75) is 19.3 Å². The maximum Gasteiger partial charge on any atom is 0.330 e. The number of hydrogen-bond donors (Lipinski definition) is 2. The topological polar surface area (TPSA) is 76.0 Å². The standard InChI is InChI=1S/C8H15O5PS/c1-2-8(9)12-6-4-3-5-7-13-14(10,11)15/h2H,1,3-7H2,(H2,10,11,15). The van der Waals surface area contributed by atoms with Gasteiger partial charge in [0.25, 0.3) is 0 Å². The van der Waals surface area contributed by atoms with E-state index in [1.54, 1.807) is 0 Å². The molecule has 0 aromatic heterocycles. The molecule has 0 atom stereocenters. The minimum absolute atomic E-state index is 0.208. The molecule has 0 heterocycles. The first kappa shape index (κ1) is 14.7. The van der Waals surface area contributed by atoms with Crippen LogP contribution in [0.4, 0.5) is 0 Å². The third-order valence-electron chi connectivity index (χ3n) is 1.46. The third-order valence-corrected chi connectivity index (χ3v) is 2.29. The highest BCUT2D eigenvalue weighted by molar-refractivity contribution is 8.06. The van der Waals surface area contributed by atoms with Crippen molar-refractivity contribution in [3.8, 4) is 0 Å². The Labute approximate surface area is 94.0 Å². The van der Waals surface area contributed by atoms with E-state index >= 15 is 0 Å². The highest BCUT2D eigenvalue weighted by Gasteiger charge is 2.06. The van der Waals surface area contributed by atoms with Gasteiger partial charge in [-0.1, -0.05) is 6.58 Å². The molecule has 0 unspecified atom stereocenters. The summed E-state index contributed by atoms with van der Waals surface area (Å²) in [6, 6.07) is 0. The van der Waals surface area contributed by atoms with Crippen LogP contribution in [0.15, 0.2) is 12.7 Å². The molecule has 0 aromatic rings. The van der Waals surface area contributed by atoms with Gasteiger partial charge in [-0.3, -0.25) is 0 Å². The Morgan fingerprint density at radius 1 is 1.33 bits per heavy atom. The van der Waals surface area contributed by atoms with Gasteiger partial charge in [-0.25, -0.2) is 4.79 Å². The Morgan fingerprint density at radius 3 is 2.47 bits per heavy atom. The molecule has 7 heteroatoms. The van der Waals surface area contributed by atoms with Gasteiger partial charge in [-0.15, -0.1) is 0 Å². The zero-order valence-electron chi connectivity index (χ0n) is 8.29. The van der Waals surface area contributed by atoms with Crippen LogP contribution < -0.4 is 0 Å². The Morgan fingerprint density at radius 2 is 1.93 bits per heavy atom. The molecule has 0 aliphatic carbocycles. The molecule has 0 saturated heterocycles. The monoisotopic (exact) mass is 254 g/mol. The van der Waals surface area contributed by atoms with E-state index in [1.807, 2.05) is 0 Å². The second kappa shape index (κ2) is 7.96. The molecule has 15 heavy (non-hydrogen) atoms. The molecular formula is C8H15O5PS. The lowest BCUT2D eigenvalue weighted by atomic mass is 10.2. The van der Waals surface area contributed by atoms with Crippen molar-refractivity contribution in [1.82, 2.24) is 0 Å². The maximum absolute atomic E-state index is 10.6. The number of esters is 1. The predicted molar refractivity (Wildman–Crippen MR) is 59.7 cm³/mol. The average Bonchev–Trinajstić information content (AvgIpc) is 2.14. The number of unbranched alkanes of at least 4 members (excludes halogenated alkanes) is 2. The van der Waals surface area contributed by atoms with E-state index in [0.717, 1.165) is 12.5 Å². The second-order valence-electron chi connectivity index (χ2n) is 2.76. The Bertz CT molecular complexity index is 249. The molecule has 5 nitrogen and oxygen atoms in total. The number of carbonyl (C=O) groups is 1. The fraction of sp³-hybridized carbons (Fsp3) is 0.625. The summed E-state index contributed by atoms with van der Waals surface area (Å²) in [5.74, 6) is -0.438. The number of rotatable bonds is 8. The summed E-state index contributed by atoms with van der Waals surface area (Å²) in [6.07, 6.45) is 3.21. The molecular weight excluding hydrogens is 239 g/mol. The van der Waals surface area contributed by atoms with E-state index in [9.17, 15) is 4.79 Å². The van der Waals surface area contributed by atoms with Crippen molar-refractivity contribution in [2.24, 2.45) is 0 Å². The molecule has 0 spiro atoms. The minimum Gasteiger partial charge on any atom is -0.463 e. The van der Waals surface area contributed by atoms with Crippen molar-refractivity contribution < 1.29 is 23.8 Å². The van der Waals surface area contributed by atoms with E-state index < -0.39 is 12.7 Å². The summed E-state index contributed by atoms with van der Waals surface area (Å²) in [5, 5.41) is 0. The largest absolute Gasteiger partial charge is 0.463 e. The van der Waals surface area contributed by atoms with E-state index in [2.05, 4.69) is 22.9 Å². The van der Waals surface area contributed by atoms with Gasteiger partial charge >= 0.3 is 12.7 Å². The van der Waals surface area contributed by atoms with Crippen LogP contribution in [0.1, 0.15) is 19.3 Å². The maximum atomic E-state index is 10.6. The summed E-state index contributed by atoms with van der Waals surface area (Å²) in [7, 11) is 0. The van der Waals surface area contributed by atoms with Crippen LogP contribution in [0.3, 0.4) is 0 Å². The predicted octanol–water partition coefficient (Wildman–Crippen LogP) is 1.11. The average molecular weight is 254 g/mol. The molecule has 0 aromatic carbocycles. The van der Waals surface area contributed by atoms with Crippen LogP contribution in [0, 0.1) is 0 Å². The first-order chi connectivity index (χ1) is 6.95. The quantitative estimate of drug-likeness (QED) is 0.292. The van der Waals surface area contributed by atoms with Crippen molar-refractivity contribution in [2.75, 3.05) is 13.2 Å². The molecule has 0 radical (unpaired) electrons. The Hall–Kier alpha value is -0.260. The van der Waals surface area contributed by atoms with Crippen molar-refractivity contribution in [1.29, 1.82) is 0 Å². The van der Waals surface area contributed by atoms with Gasteiger partial charge < -0.3 is 19.0 Å². The fourth-order valence-electron chi connectivity index (χ4n) is 0.796. The van der Waals surface area contributed by atoms with Gasteiger partial charge in [-0.2, -0.15) is 0 Å². The smallest absolute Gasteiger partial charge is 0.330 e. The van der Waals surface area contributed by atoms with Crippen LogP contribution in [0.5, 0.6) is 0 Å². The molecule has 0 amide bonds. The van der Waals surface area contributed by atoms with Crippen LogP contribution in [0.2, 0.25) is 0 Å². The lowest BCUT2D eigenvalue weighted by Crippen LogP contribution is -2.02. The molecule has 2 N–H and O–H groups in total. The number of carbonyl (C=O) groups excluding carboxylic acids is 1.